The molecular weight excluding hydrogens is 350 g/mol. The Morgan fingerprint density at radius 3 is 2.76 bits per heavy atom. The number of aryl methyl sites for hydroxylation is 2. The smallest absolute Gasteiger partial charge is 0.169 e. The van der Waals surface area contributed by atoms with E-state index in [1.165, 1.54) is 31.4 Å². The van der Waals surface area contributed by atoms with Crippen LogP contribution in [0.5, 0.6) is 0 Å². The first kappa shape index (κ1) is 16.8. The SMILES string of the molecule is Cc1nc(SCc2csc(-c3cnn(C)c3)n2)n(C2CCCC2)c1C. The van der Waals surface area contributed by atoms with Gasteiger partial charge in [-0.15, -0.1) is 11.3 Å². The molecule has 1 fully saturated rings. The molecule has 1 saturated carbocycles. The van der Waals surface area contributed by atoms with Gasteiger partial charge >= 0.3 is 0 Å². The van der Waals surface area contributed by atoms with Crippen LogP contribution in [-0.2, 0) is 12.8 Å². The Morgan fingerprint density at radius 2 is 2.04 bits per heavy atom. The zero-order valence-electron chi connectivity index (χ0n) is 14.9. The van der Waals surface area contributed by atoms with Crippen LogP contribution in [0.15, 0.2) is 22.9 Å². The molecule has 0 saturated heterocycles. The number of aromatic nitrogens is 5. The zero-order valence-corrected chi connectivity index (χ0v) is 16.5. The number of imidazole rings is 1. The van der Waals surface area contributed by atoms with Crippen molar-refractivity contribution in [2.24, 2.45) is 7.05 Å². The van der Waals surface area contributed by atoms with Gasteiger partial charge in [-0.05, 0) is 26.7 Å². The van der Waals surface area contributed by atoms with Gasteiger partial charge in [0.25, 0.3) is 0 Å². The molecule has 0 aliphatic heterocycles. The van der Waals surface area contributed by atoms with Crippen LogP contribution >= 0.6 is 23.1 Å². The molecule has 1 aliphatic carbocycles. The van der Waals surface area contributed by atoms with Gasteiger partial charge in [-0.1, -0.05) is 24.6 Å². The van der Waals surface area contributed by atoms with Crippen LogP contribution in [-0.4, -0.2) is 24.3 Å². The molecule has 0 aromatic carbocycles. The second-order valence-electron chi connectivity index (χ2n) is 6.71. The molecule has 5 nitrogen and oxygen atoms in total. The van der Waals surface area contributed by atoms with E-state index in [9.17, 15) is 0 Å². The summed E-state index contributed by atoms with van der Waals surface area (Å²) in [6, 6.07) is 0.630. The summed E-state index contributed by atoms with van der Waals surface area (Å²) < 4.78 is 4.29. The van der Waals surface area contributed by atoms with Gasteiger partial charge in [0.2, 0.25) is 0 Å². The summed E-state index contributed by atoms with van der Waals surface area (Å²) in [5.74, 6) is 0.860. The van der Waals surface area contributed by atoms with E-state index < -0.39 is 0 Å². The standard InChI is InChI=1S/C18H23N5S2/c1-12-13(2)23(16-6-4-5-7-16)18(20-12)25-11-15-10-24-17(21-15)14-8-19-22(3)9-14/h8-10,16H,4-7,11H2,1-3H3. The van der Waals surface area contributed by atoms with Gasteiger partial charge in [-0.2, -0.15) is 5.10 Å². The van der Waals surface area contributed by atoms with Crippen LogP contribution < -0.4 is 0 Å². The van der Waals surface area contributed by atoms with Crippen molar-refractivity contribution in [2.75, 3.05) is 0 Å². The predicted molar refractivity (Wildman–Crippen MR) is 103 cm³/mol. The molecule has 132 valence electrons. The average Bonchev–Trinajstić information content (AvgIpc) is 3.35. The van der Waals surface area contributed by atoms with Crippen LogP contribution in [0.3, 0.4) is 0 Å². The highest BCUT2D eigenvalue weighted by molar-refractivity contribution is 7.98. The van der Waals surface area contributed by atoms with Crippen molar-refractivity contribution in [1.82, 2.24) is 24.3 Å². The summed E-state index contributed by atoms with van der Waals surface area (Å²) in [6.45, 7) is 4.32. The van der Waals surface area contributed by atoms with Gasteiger partial charge in [-0.25, -0.2) is 9.97 Å². The Morgan fingerprint density at radius 1 is 1.24 bits per heavy atom. The van der Waals surface area contributed by atoms with E-state index in [2.05, 4.69) is 28.9 Å². The first-order valence-electron chi connectivity index (χ1n) is 8.73. The van der Waals surface area contributed by atoms with Gasteiger partial charge in [-0.3, -0.25) is 4.68 Å². The quantitative estimate of drug-likeness (QED) is 0.605. The molecule has 3 aromatic rings. The Kier molecular flexibility index (Phi) is 4.69. The molecule has 4 rings (SSSR count). The highest BCUT2D eigenvalue weighted by Crippen LogP contribution is 2.36. The van der Waals surface area contributed by atoms with Crippen LogP contribution in [0.25, 0.3) is 10.6 Å². The Balaban J connectivity index is 1.50. The Bertz CT molecular complexity index is 870. The highest BCUT2D eigenvalue weighted by atomic mass is 32.2. The van der Waals surface area contributed by atoms with E-state index in [0.29, 0.717) is 6.04 Å². The second kappa shape index (κ2) is 6.96. The van der Waals surface area contributed by atoms with Gasteiger partial charge in [0, 0.05) is 41.7 Å². The third-order valence-corrected chi connectivity index (χ3v) is 6.82. The number of thioether (sulfide) groups is 1. The lowest BCUT2D eigenvalue weighted by molar-refractivity contribution is 0.471. The molecule has 3 heterocycles. The zero-order chi connectivity index (χ0) is 17.4. The highest BCUT2D eigenvalue weighted by Gasteiger charge is 2.23. The molecule has 0 spiro atoms. The van der Waals surface area contributed by atoms with Crippen molar-refractivity contribution in [1.29, 1.82) is 0 Å². The van der Waals surface area contributed by atoms with E-state index >= 15 is 0 Å². The summed E-state index contributed by atoms with van der Waals surface area (Å²) in [4.78, 5) is 9.60. The fourth-order valence-corrected chi connectivity index (χ4v) is 5.42. The molecule has 0 N–H and O–H groups in total. The molecule has 0 unspecified atom stereocenters. The molecule has 7 heteroatoms. The molecule has 1 aliphatic rings. The van der Waals surface area contributed by atoms with E-state index in [-0.39, 0.29) is 0 Å². The van der Waals surface area contributed by atoms with E-state index in [0.717, 1.165) is 32.9 Å². The monoisotopic (exact) mass is 373 g/mol. The van der Waals surface area contributed by atoms with Crippen molar-refractivity contribution in [3.05, 3.63) is 34.9 Å². The minimum absolute atomic E-state index is 0.630. The molecule has 0 amide bonds. The average molecular weight is 374 g/mol. The number of hydrogen-bond donors (Lipinski definition) is 0. The number of rotatable bonds is 5. The van der Waals surface area contributed by atoms with E-state index in [4.69, 9.17) is 9.97 Å². The normalized spacial score (nSPS) is 15.3. The first-order chi connectivity index (χ1) is 12.1. The van der Waals surface area contributed by atoms with Crippen molar-refractivity contribution in [3.8, 4) is 10.6 Å². The maximum absolute atomic E-state index is 4.83. The van der Waals surface area contributed by atoms with Crippen molar-refractivity contribution in [2.45, 2.75) is 56.5 Å². The lowest BCUT2D eigenvalue weighted by atomic mass is 10.2. The number of thiazole rings is 1. The lowest BCUT2D eigenvalue weighted by Crippen LogP contribution is -2.08. The Hall–Kier alpha value is -1.60. The summed E-state index contributed by atoms with van der Waals surface area (Å²) in [5.41, 5.74) is 4.68. The van der Waals surface area contributed by atoms with Crippen LogP contribution in [0.1, 0.15) is 48.8 Å². The molecular formula is C18H23N5S2. The summed E-state index contributed by atoms with van der Waals surface area (Å²) in [5, 5.41) is 8.57. The van der Waals surface area contributed by atoms with Crippen molar-refractivity contribution < 1.29 is 0 Å². The van der Waals surface area contributed by atoms with Gasteiger partial charge < -0.3 is 4.57 Å². The Labute approximate surface area is 156 Å². The third-order valence-electron chi connectivity index (χ3n) is 4.90. The van der Waals surface area contributed by atoms with Gasteiger partial charge in [0.1, 0.15) is 5.01 Å². The van der Waals surface area contributed by atoms with E-state index in [1.807, 2.05) is 35.9 Å². The van der Waals surface area contributed by atoms with Crippen LogP contribution in [0.2, 0.25) is 0 Å². The molecule has 0 bridgehead atoms. The fraction of sp³-hybridized carbons (Fsp3) is 0.500. The van der Waals surface area contributed by atoms with Crippen LogP contribution in [0.4, 0.5) is 0 Å². The van der Waals surface area contributed by atoms with Crippen molar-refractivity contribution >= 4 is 23.1 Å². The minimum atomic E-state index is 0.630. The summed E-state index contributed by atoms with van der Waals surface area (Å²) in [6.07, 6.45) is 9.13. The van der Waals surface area contributed by atoms with Crippen LogP contribution in [0, 0.1) is 13.8 Å². The fourth-order valence-electron chi connectivity index (χ4n) is 3.47. The molecule has 0 radical (unpaired) electrons. The molecule has 3 aromatic heterocycles. The number of hydrogen-bond acceptors (Lipinski definition) is 5. The second-order valence-corrected chi connectivity index (χ2v) is 8.51. The van der Waals surface area contributed by atoms with E-state index in [1.54, 1.807) is 11.3 Å². The first-order valence-corrected chi connectivity index (χ1v) is 10.6. The largest absolute Gasteiger partial charge is 0.320 e. The predicted octanol–water partition coefficient (Wildman–Crippen LogP) is 4.76. The summed E-state index contributed by atoms with van der Waals surface area (Å²) >= 11 is 3.49. The van der Waals surface area contributed by atoms with Gasteiger partial charge in [0.05, 0.1) is 17.6 Å². The van der Waals surface area contributed by atoms with Gasteiger partial charge in [0.15, 0.2) is 5.16 Å². The topological polar surface area (TPSA) is 48.5 Å². The minimum Gasteiger partial charge on any atom is -0.320 e. The lowest BCUT2D eigenvalue weighted by Gasteiger charge is -2.16. The molecule has 0 atom stereocenters. The summed E-state index contributed by atoms with van der Waals surface area (Å²) in [7, 11) is 1.93. The maximum Gasteiger partial charge on any atom is 0.169 e. The number of nitrogens with zero attached hydrogens (tertiary/aromatic N) is 5. The van der Waals surface area contributed by atoms with Crippen molar-refractivity contribution in [3.63, 3.8) is 0 Å². The third kappa shape index (κ3) is 3.40. The maximum atomic E-state index is 4.83. The molecule has 25 heavy (non-hydrogen) atoms.